The molecule has 6 nitrogen and oxygen atoms in total. The maximum absolute atomic E-state index is 12.5. The summed E-state index contributed by atoms with van der Waals surface area (Å²) in [6, 6.07) is 14.0. The first-order valence-corrected chi connectivity index (χ1v) is 10.6. The van der Waals surface area contributed by atoms with E-state index in [4.69, 9.17) is 0 Å². The SMILES string of the molecule is O=C(O)c1cc(S(=O)(=O)NCCc2ccccc2)ccc1NC1CCCC1. The van der Waals surface area contributed by atoms with Gasteiger partial charge in [-0.2, -0.15) is 0 Å². The van der Waals surface area contributed by atoms with Gasteiger partial charge in [0, 0.05) is 18.3 Å². The molecule has 1 aliphatic carbocycles. The number of anilines is 1. The predicted octanol–water partition coefficient (Wildman–Crippen LogP) is 3.26. The van der Waals surface area contributed by atoms with Crippen molar-refractivity contribution < 1.29 is 18.3 Å². The molecule has 2 aromatic carbocycles. The van der Waals surface area contributed by atoms with E-state index in [2.05, 4.69) is 10.0 Å². The van der Waals surface area contributed by atoms with Gasteiger partial charge in [0.15, 0.2) is 0 Å². The number of carbonyl (C=O) groups is 1. The molecule has 0 heterocycles. The van der Waals surface area contributed by atoms with Crippen molar-refractivity contribution in [3.63, 3.8) is 0 Å². The third-order valence-corrected chi connectivity index (χ3v) is 6.25. The van der Waals surface area contributed by atoms with E-state index in [1.165, 1.54) is 12.1 Å². The largest absolute Gasteiger partial charge is 0.478 e. The molecule has 7 heteroatoms. The third-order valence-electron chi connectivity index (χ3n) is 4.80. The molecule has 0 radical (unpaired) electrons. The van der Waals surface area contributed by atoms with Gasteiger partial charge < -0.3 is 10.4 Å². The molecular formula is C20H24N2O4S. The summed E-state index contributed by atoms with van der Waals surface area (Å²) in [6.45, 7) is 0.247. The lowest BCUT2D eigenvalue weighted by atomic mass is 10.1. The lowest BCUT2D eigenvalue weighted by Gasteiger charge is -2.16. The summed E-state index contributed by atoms with van der Waals surface area (Å²) in [7, 11) is -3.77. The minimum atomic E-state index is -3.77. The van der Waals surface area contributed by atoms with Gasteiger partial charge in [0.25, 0.3) is 0 Å². The van der Waals surface area contributed by atoms with Crippen molar-refractivity contribution in [2.45, 2.75) is 43.0 Å². The number of hydrogen-bond acceptors (Lipinski definition) is 4. The lowest BCUT2D eigenvalue weighted by molar-refractivity contribution is 0.0697. The van der Waals surface area contributed by atoms with E-state index in [0.717, 1.165) is 31.2 Å². The van der Waals surface area contributed by atoms with Crippen LogP contribution in [0.3, 0.4) is 0 Å². The smallest absolute Gasteiger partial charge is 0.337 e. The summed E-state index contributed by atoms with van der Waals surface area (Å²) >= 11 is 0. The Hall–Kier alpha value is -2.38. The number of benzene rings is 2. The summed E-state index contributed by atoms with van der Waals surface area (Å²) in [5.74, 6) is -1.14. The number of aromatic carboxylic acids is 1. The molecule has 1 fully saturated rings. The minimum absolute atomic E-state index is 0.0205. The molecular weight excluding hydrogens is 364 g/mol. The molecule has 0 amide bonds. The number of sulfonamides is 1. The van der Waals surface area contributed by atoms with E-state index in [1.807, 2.05) is 30.3 Å². The van der Waals surface area contributed by atoms with Crippen molar-refractivity contribution in [3.05, 3.63) is 59.7 Å². The van der Waals surface area contributed by atoms with E-state index >= 15 is 0 Å². The van der Waals surface area contributed by atoms with Crippen LogP contribution < -0.4 is 10.0 Å². The van der Waals surface area contributed by atoms with Crippen LogP contribution in [-0.2, 0) is 16.4 Å². The van der Waals surface area contributed by atoms with Crippen LogP contribution in [0.2, 0.25) is 0 Å². The Morgan fingerprint density at radius 2 is 1.78 bits per heavy atom. The van der Waals surface area contributed by atoms with Crippen molar-refractivity contribution in [1.82, 2.24) is 4.72 Å². The van der Waals surface area contributed by atoms with Crippen LogP contribution in [-0.4, -0.2) is 32.1 Å². The molecule has 0 aromatic heterocycles. The van der Waals surface area contributed by atoms with Crippen molar-refractivity contribution >= 4 is 21.7 Å². The molecule has 0 unspecified atom stereocenters. The Bertz CT molecular complexity index is 891. The first-order chi connectivity index (χ1) is 13.0. The lowest BCUT2D eigenvalue weighted by Crippen LogP contribution is -2.26. The molecule has 27 heavy (non-hydrogen) atoms. The summed E-state index contributed by atoms with van der Waals surface area (Å²) in [6.07, 6.45) is 4.81. The van der Waals surface area contributed by atoms with E-state index < -0.39 is 16.0 Å². The van der Waals surface area contributed by atoms with Gasteiger partial charge >= 0.3 is 5.97 Å². The van der Waals surface area contributed by atoms with Gasteiger partial charge in [-0.05, 0) is 43.0 Å². The zero-order valence-electron chi connectivity index (χ0n) is 15.0. The van der Waals surface area contributed by atoms with Gasteiger partial charge in [-0.25, -0.2) is 17.9 Å². The van der Waals surface area contributed by atoms with Gasteiger partial charge in [-0.1, -0.05) is 43.2 Å². The number of carboxylic acids is 1. The van der Waals surface area contributed by atoms with E-state index in [9.17, 15) is 18.3 Å². The summed E-state index contributed by atoms with van der Waals surface area (Å²) < 4.78 is 27.6. The molecule has 0 aliphatic heterocycles. The molecule has 0 spiro atoms. The molecule has 1 aliphatic rings. The highest BCUT2D eigenvalue weighted by Crippen LogP contribution is 2.26. The van der Waals surface area contributed by atoms with Crippen LogP contribution in [0.25, 0.3) is 0 Å². The van der Waals surface area contributed by atoms with Crippen LogP contribution in [0.5, 0.6) is 0 Å². The second-order valence-electron chi connectivity index (χ2n) is 6.77. The number of nitrogens with one attached hydrogen (secondary N) is 2. The Labute approximate surface area is 159 Å². The Kier molecular flexibility index (Phi) is 6.13. The van der Waals surface area contributed by atoms with Gasteiger partial charge in [0.2, 0.25) is 10.0 Å². The fourth-order valence-corrected chi connectivity index (χ4v) is 4.40. The van der Waals surface area contributed by atoms with Crippen LogP contribution in [0, 0.1) is 0 Å². The fraction of sp³-hybridized carbons (Fsp3) is 0.350. The van der Waals surface area contributed by atoms with Gasteiger partial charge in [0.05, 0.1) is 10.5 Å². The average molecular weight is 388 g/mol. The highest BCUT2D eigenvalue weighted by atomic mass is 32.2. The Morgan fingerprint density at radius 1 is 1.07 bits per heavy atom. The predicted molar refractivity (Wildman–Crippen MR) is 105 cm³/mol. The molecule has 144 valence electrons. The monoisotopic (exact) mass is 388 g/mol. The highest BCUT2D eigenvalue weighted by molar-refractivity contribution is 7.89. The number of carboxylic acid groups (broad SMARTS) is 1. The summed E-state index contributed by atoms with van der Waals surface area (Å²) in [5.41, 5.74) is 1.48. The van der Waals surface area contributed by atoms with Gasteiger partial charge in [0.1, 0.15) is 0 Å². The second kappa shape index (κ2) is 8.54. The molecule has 0 saturated heterocycles. The second-order valence-corrected chi connectivity index (χ2v) is 8.54. The zero-order valence-corrected chi connectivity index (χ0v) is 15.8. The standard InChI is InChI=1S/C20H24N2O4S/c23-20(24)18-14-17(10-11-19(18)22-16-8-4-5-9-16)27(25,26)21-13-12-15-6-2-1-3-7-15/h1-3,6-7,10-11,14,16,21-22H,4-5,8-9,12-13H2,(H,23,24). The van der Waals surface area contributed by atoms with Crippen molar-refractivity contribution in [1.29, 1.82) is 0 Å². The van der Waals surface area contributed by atoms with Crippen LogP contribution >= 0.6 is 0 Å². The molecule has 3 N–H and O–H groups in total. The molecule has 2 aromatic rings. The molecule has 0 bridgehead atoms. The molecule has 3 rings (SSSR count). The minimum Gasteiger partial charge on any atom is -0.478 e. The summed E-state index contributed by atoms with van der Waals surface area (Å²) in [5, 5.41) is 12.7. The van der Waals surface area contributed by atoms with Gasteiger partial charge in [-0.3, -0.25) is 0 Å². The average Bonchev–Trinajstić information content (AvgIpc) is 3.15. The maximum Gasteiger partial charge on any atom is 0.337 e. The topological polar surface area (TPSA) is 95.5 Å². The molecule has 1 saturated carbocycles. The van der Waals surface area contributed by atoms with E-state index in [1.54, 1.807) is 6.07 Å². The molecule has 0 atom stereocenters. The normalized spacial score (nSPS) is 15.0. The number of rotatable bonds is 8. The Balaban J connectivity index is 1.72. The zero-order chi connectivity index (χ0) is 19.3. The van der Waals surface area contributed by atoms with Crippen molar-refractivity contribution in [2.75, 3.05) is 11.9 Å². The first kappa shape index (κ1) is 19.4. The third kappa shape index (κ3) is 5.08. The fourth-order valence-electron chi connectivity index (χ4n) is 3.34. The van der Waals surface area contributed by atoms with Gasteiger partial charge in [-0.15, -0.1) is 0 Å². The maximum atomic E-state index is 12.5. The highest BCUT2D eigenvalue weighted by Gasteiger charge is 2.21. The quantitative estimate of drug-likeness (QED) is 0.645. The van der Waals surface area contributed by atoms with Crippen LogP contribution in [0.1, 0.15) is 41.6 Å². The van der Waals surface area contributed by atoms with E-state index in [0.29, 0.717) is 12.1 Å². The first-order valence-electron chi connectivity index (χ1n) is 9.13. The van der Waals surface area contributed by atoms with Crippen LogP contribution in [0.15, 0.2) is 53.4 Å². The Morgan fingerprint density at radius 3 is 2.44 bits per heavy atom. The van der Waals surface area contributed by atoms with E-state index in [-0.39, 0.29) is 23.0 Å². The summed E-state index contributed by atoms with van der Waals surface area (Å²) in [4.78, 5) is 11.6. The van der Waals surface area contributed by atoms with Crippen LogP contribution in [0.4, 0.5) is 5.69 Å². The van der Waals surface area contributed by atoms with Crippen molar-refractivity contribution in [3.8, 4) is 0 Å². The number of hydrogen-bond donors (Lipinski definition) is 3. The van der Waals surface area contributed by atoms with Crippen molar-refractivity contribution in [2.24, 2.45) is 0 Å².